The maximum atomic E-state index is 6.26. The van der Waals surface area contributed by atoms with E-state index in [1.165, 1.54) is 0 Å². The summed E-state index contributed by atoms with van der Waals surface area (Å²) < 4.78 is 6.26. The second-order valence-electron chi connectivity index (χ2n) is 12.1. The lowest BCUT2D eigenvalue weighted by Gasteiger charge is -2.12. The van der Waals surface area contributed by atoms with Crippen LogP contribution in [0.15, 0.2) is 180 Å². The first-order valence-corrected chi connectivity index (χ1v) is 16.4. The fraction of sp³-hybridized carbons (Fsp3) is 0. The van der Waals surface area contributed by atoms with Crippen LogP contribution < -0.4 is 0 Å². The zero-order valence-electron chi connectivity index (χ0n) is 26.5. The number of hydrogen-bond donors (Lipinski definition) is 0. The van der Waals surface area contributed by atoms with Gasteiger partial charge in [0.2, 0.25) is 0 Å². The van der Waals surface area contributed by atoms with Gasteiger partial charge in [-0.15, -0.1) is 0 Å². The molecule has 2 heterocycles. The summed E-state index contributed by atoms with van der Waals surface area (Å²) >= 11 is 0. The molecule has 0 aliphatic carbocycles. The van der Waals surface area contributed by atoms with Gasteiger partial charge in [0.15, 0.2) is 17.5 Å². The molecular weight excluding hydrogens is 599 g/mol. The summed E-state index contributed by atoms with van der Waals surface area (Å²) in [4.78, 5) is 15.3. The van der Waals surface area contributed by atoms with E-state index in [0.717, 1.165) is 72.0 Å². The summed E-state index contributed by atoms with van der Waals surface area (Å²) in [5.74, 6) is 1.79. The molecule has 0 atom stereocenters. The summed E-state index contributed by atoms with van der Waals surface area (Å²) in [7, 11) is 0. The van der Waals surface area contributed by atoms with Gasteiger partial charge in [0.25, 0.3) is 0 Å². The molecule has 0 fully saturated rings. The van der Waals surface area contributed by atoms with Crippen molar-refractivity contribution in [1.82, 2.24) is 15.0 Å². The normalized spacial score (nSPS) is 11.3. The first kappa shape index (κ1) is 28.6. The van der Waals surface area contributed by atoms with E-state index in [9.17, 15) is 0 Å². The van der Waals surface area contributed by atoms with Gasteiger partial charge in [-0.1, -0.05) is 140 Å². The molecule has 9 aromatic rings. The van der Waals surface area contributed by atoms with Crippen LogP contribution in [0.5, 0.6) is 0 Å². The van der Waals surface area contributed by atoms with E-state index in [2.05, 4.69) is 133 Å². The van der Waals surface area contributed by atoms with Crippen LogP contribution >= 0.6 is 0 Å². The molecule has 9 rings (SSSR count). The lowest BCUT2D eigenvalue weighted by Crippen LogP contribution is -2.00. The van der Waals surface area contributed by atoms with Crippen LogP contribution in [-0.2, 0) is 0 Å². The molecular formula is C45H29N3O. The van der Waals surface area contributed by atoms with Crippen molar-refractivity contribution >= 4 is 21.9 Å². The smallest absolute Gasteiger partial charge is 0.164 e. The number of furan rings is 1. The molecule has 0 aliphatic heterocycles. The van der Waals surface area contributed by atoms with E-state index in [0.29, 0.717) is 17.5 Å². The number of aromatic nitrogens is 3. The third-order valence-electron chi connectivity index (χ3n) is 8.93. The van der Waals surface area contributed by atoms with Crippen LogP contribution in [0.1, 0.15) is 0 Å². The lowest BCUT2D eigenvalue weighted by atomic mass is 9.96. The Balaban J connectivity index is 1.23. The highest BCUT2D eigenvalue weighted by Crippen LogP contribution is 2.35. The van der Waals surface area contributed by atoms with E-state index in [4.69, 9.17) is 19.4 Å². The molecule has 49 heavy (non-hydrogen) atoms. The molecule has 0 saturated heterocycles. The van der Waals surface area contributed by atoms with Gasteiger partial charge in [0.05, 0.1) is 0 Å². The molecule has 230 valence electrons. The molecule has 0 amide bonds. The third-order valence-corrected chi connectivity index (χ3v) is 8.93. The SMILES string of the molecule is c1ccc(-c2ccc(-c3nc(-c4cc(-c5ccccc5)cc(-c5ccccc5)c4)nc(-c4ccc5c(c4)oc4ccccc45)n3)cc2)cc1. The largest absolute Gasteiger partial charge is 0.456 e. The number of rotatable bonds is 6. The molecule has 0 radical (unpaired) electrons. The van der Waals surface area contributed by atoms with Crippen LogP contribution in [0.3, 0.4) is 0 Å². The van der Waals surface area contributed by atoms with Gasteiger partial charge in [-0.25, -0.2) is 15.0 Å². The molecule has 0 aliphatic rings. The Morgan fingerprint density at radius 1 is 0.265 bits per heavy atom. The van der Waals surface area contributed by atoms with E-state index >= 15 is 0 Å². The highest BCUT2D eigenvalue weighted by atomic mass is 16.3. The highest BCUT2D eigenvalue weighted by Gasteiger charge is 2.16. The quantitative estimate of drug-likeness (QED) is 0.184. The van der Waals surface area contributed by atoms with Crippen LogP contribution in [0, 0.1) is 0 Å². The second kappa shape index (κ2) is 12.2. The van der Waals surface area contributed by atoms with Gasteiger partial charge in [-0.05, 0) is 69.8 Å². The molecule has 0 unspecified atom stereocenters. The van der Waals surface area contributed by atoms with Crippen molar-refractivity contribution in [2.24, 2.45) is 0 Å². The minimum Gasteiger partial charge on any atom is -0.456 e. The van der Waals surface area contributed by atoms with Crippen LogP contribution in [0.2, 0.25) is 0 Å². The number of para-hydroxylation sites is 1. The molecule has 0 saturated carbocycles. The van der Waals surface area contributed by atoms with Gasteiger partial charge in [0, 0.05) is 27.5 Å². The summed E-state index contributed by atoms with van der Waals surface area (Å²) in [6.07, 6.45) is 0. The minimum atomic E-state index is 0.584. The maximum absolute atomic E-state index is 6.26. The third kappa shape index (κ3) is 5.56. The van der Waals surface area contributed by atoms with E-state index < -0.39 is 0 Å². The Bertz CT molecular complexity index is 2520. The number of nitrogens with zero attached hydrogens (tertiary/aromatic N) is 3. The standard InChI is InChI=1S/C45H29N3O/c1-4-12-30(13-5-1)33-20-22-34(23-21-33)43-46-44(35-24-25-40-39-18-10-11-19-41(39)49-42(40)29-35)48-45(47-43)38-27-36(31-14-6-2-7-15-31)26-37(28-38)32-16-8-3-9-17-32/h1-29H. The predicted molar refractivity (Wildman–Crippen MR) is 200 cm³/mol. The predicted octanol–water partition coefficient (Wildman–Crippen LogP) is 11.8. The zero-order chi connectivity index (χ0) is 32.6. The van der Waals surface area contributed by atoms with Crippen LogP contribution in [-0.4, -0.2) is 15.0 Å². The van der Waals surface area contributed by atoms with Gasteiger partial charge < -0.3 is 4.42 Å². The van der Waals surface area contributed by atoms with E-state index in [1.807, 2.05) is 42.5 Å². The zero-order valence-corrected chi connectivity index (χ0v) is 26.5. The van der Waals surface area contributed by atoms with Crippen molar-refractivity contribution in [2.75, 3.05) is 0 Å². The Kier molecular flexibility index (Phi) is 7.10. The Hall–Kier alpha value is -6.65. The highest BCUT2D eigenvalue weighted by molar-refractivity contribution is 6.05. The van der Waals surface area contributed by atoms with E-state index in [-0.39, 0.29) is 0 Å². The second-order valence-corrected chi connectivity index (χ2v) is 12.1. The molecule has 0 N–H and O–H groups in total. The summed E-state index contributed by atoms with van der Waals surface area (Å²) in [6.45, 7) is 0. The molecule has 0 spiro atoms. The van der Waals surface area contributed by atoms with Crippen molar-refractivity contribution in [1.29, 1.82) is 0 Å². The van der Waals surface area contributed by atoms with Gasteiger partial charge >= 0.3 is 0 Å². The summed E-state index contributed by atoms with van der Waals surface area (Å²) in [5.41, 5.74) is 11.1. The fourth-order valence-electron chi connectivity index (χ4n) is 6.42. The molecule has 2 aromatic heterocycles. The number of fused-ring (bicyclic) bond motifs is 3. The Morgan fingerprint density at radius 2 is 0.673 bits per heavy atom. The van der Waals surface area contributed by atoms with Crippen molar-refractivity contribution in [2.45, 2.75) is 0 Å². The topological polar surface area (TPSA) is 51.8 Å². The fourth-order valence-corrected chi connectivity index (χ4v) is 6.42. The summed E-state index contributed by atoms with van der Waals surface area (Å²) in [5, 5.41) is 2.15. The number of benzene rings is 7. The van der Waals surface area contributed by atoms with Crippen molar-refractivity contribution in [3.8, 4) is 67.5 Å². The van der Waals surface area contributed by atoms with Gasteiger partial charge in [-0.3, -0.25) is 0 Å². The molecule has 4 heteroatoms. The first-order valence-electron chi connectivity index (χ1n) is 16.4. The summed E-state index contributed by atoms with van der Waals surface area (Å²) in [6, 6.07) is 60.6. The Labute approximate surface area is 284 Å². The molecule has 0 bridgehead atoms. The van der Waals surface area contributed by atoms with Crippen LogP contribution in [0.4, 0.5) is 0 Å². The average Bonchev–Trinajstić information content (AvgIpc) is 3.57. The average molecular weight is 628 g/mol. The molecule has 4 nitrogen and oxygen atoms in total. The maximum Gasteiger partial charge on any atom is 0.164 e. The van der Waals surface area contributed by atoms with Crippen LogP contribution in [0.25, 0.3) is 89.5 Å². The monoisotopic (exact) mass is 627 g/mol. The Morgan fingerprint density at radius 3 is 1.29 bits per heavy atom. The first-order chi connectivity index (χ1) is 24.2. The van der Waals surface area contributed by atoms with Gasteiger partial charge in [0.1, 0.15) is 11.2 Å². The van der Waals surface area contributed by atoms with Gasteiger partial charge in [-0.2, -0.15) is 0 Å². The molecule has 7 aromatic carbocycles. The van der Waals surface area contributed by atoms with Crippen molar-refractivity contribution in [3.05, 3.63) is 176 Å². The minimum absolute atomic E-state index is 0.584. The van der Waals surface area contributed by atoms with Crippen molar-refractivity contribution < 1.29 is 4.42 Å². The van der Waals surface area contributed by atoms with E-state index in [1.54, 1.807) is 0 Å². The lowest BCUT2D eigenvalue weighted by molar-refractivity contribution is 0.669. The van der Waals surface area contributed by atoms with Crippen molar-refractivity contribution in [3.63, 3.8) is 0 Å². The number of hydrogen-bond acceptors (Lipinski definition) is 4.